The lowest BCUT2D eigenvalue weighted by Crippen LogP contribution is -2.43. The Balaban J connectivity index is 1.63. The largest absolute Gasteiger partial charge is 0.466 e. The van der Waals surface area contributed by atoms with Crippen LogP contribution in [0.15, 0.2) is 41.8 Å². The Morgan fingerprint density at radius 1 is 1.28 bits per heavy atom. The molecule has 1 aliphatic heterocycles. The molecule has 7 heteroatoms. The van der Waals surface area contributed by atoms with Crippen molar-refractivity contribution in [1.29, 1.82) is 0 Å². The van der Waals surface area contributed by atoms with Gasteiger partial charge in [0.15, 0.2) is 0 Å². The SMILES string of the molecule is CCOC(=O)[C@H]1CCCN(C(=O)c2cc3ccsc3n2Cc2ccccc2F)C1. The number of thiophene rings is 1. The normalized spacial score (nSPS) is 16.9. The summed E-state index contributed by atoms with van der Waals surface area (Å²) in [6.07, 6.45) is 1.49. The second-order valence-electron chi connectivity index (χ2n) is 7.23. The number of rotatable bonds is 5. The first kappa shape index (κ1) is 19.6. The summed E-state index contributed by atoms with van der Waals surface area (Å²) in [5.74, 6) is -0.945. The lowest BCUT2D eigenvalue weighted by Gasteiger charge is -2.31. The Kier molecular flexibility index (Phi) is 5.67. The molecule has 3 heterocycles. The van der Waals surface area contributed by atoms with E-state index in [1.54, 1.807) is 30.0 Å². The maximum Gasteiger partial charge on any atom is 0.310 e. The van der Waals surface area contributed by atoms with E-state index in [0.29, 0.717) is 31.0 Å². The van der Waals surface area contributed by atoms with Crippen LogP contribution in [-0.2, 0) is 16.1 Å². The second-order valence-corrected chi connectivity index (χ2v) is 8.13. The molecule has 2 aromatic heterocycles. The van der Waals surface area contributed by atoms with Gasteiger partial charge in [0.1, 0.15) is 16.3 Å². The molecule has 0 radical (unpaired) electrons. The fourth-order valence-electron chi connectivity index (χ4n) is 3.88. The van der Waals surface area contributed by atoms with Gasteiger partial charge in [0.25, 0.3) is 5.91 Å². The van der Waals surface area contributed by atoms with Crippen molar-refractivity contribution in [2.75, 3.05) is 19.7 Å². The number of halogens is 1. The molecular weight excluding hydrogens is 391 g/mol. The van der Waals surface area contributed by atoms with E-state index in [2.05, 4.69) is 0 Å². The molecule has 29 heavy (non-hydrogen) atoms. The Labute approximate surface area is 172 Å². The first-order chi connectivity index (χ1) is 14.1. The number of benzene rings is 1. The molecule has 1 amide bonds. The molecule has 0 aliphatic carbocycles. The standard InChI is InChI=1S/C22H23FN2O3S/c1-2-28-22(27)17-7-5-10-24(13-17)20(26)19-12-15-9-11-29-21(15)25(19)14-16-6-3-4-8-18(16)23/h3-4,6,8-9,11-12,17H,2,5,7,10,13-14H2,1H3/t17-/m0/s1. The molecular formula is C22H23FN2O3S. The highest BCUT2D eigenvalue weighted by Crippen LogP contribution is 2.29. The van der Waals surface area contributed by atoms with E-state index in [4.69, 9.17) is 4.74 Å². The van der Waals surface area contributed by atoms with Crippen LogP contribution in [0.5, 0.6) is 0 Å². The molecule has 0 N–H and O–H groups in total. The maximum absolute atomic E-state index is 14.3. The van der Waals surface area contributed by atoms with E-state index in [1.807, 2.05) is 22.1 Å². The molecule has 0 bridgehead atoms. The zero-order valence-corrected chi connectivity index (χ0v) is 17.1. The monoisotopic (exact) mass is 414 g/mol. The van der Waals surface area contributed by atoms with Gasteiger partial charge in [0.05, 0.1) is 19.1 Å². The molecule has 1 saturated heterocycles. The minimum absolute atomic E-state index is 0.126. The fourth-order valence-corrected chi connectivity index (χ4v) is 4.78. The number of carbonyl (C=O) groups is 2. The summed E-state index contributed by atoms with van der Waals surface area (Å²) in [5, 5.41) is 2.93. The van der Waals surface area contributed by atoms with E-state index in [-0.39, 0.29) is 30.2 Å². The molecule has 1 aromatic carbocycles. The van der Waals surface area contributed by atoms with E-state index in [0.717, 1.165) is 23.1 Å². The average molecular weight is 415 g/mol. The van der Waals surface area contributed by atoms with Crippen molar-refractivity contribution in [3.63, 3.8) is 0 Å². The lowest BCUT2D eigenvalue weighted by molar-refractivity contribution is -0.149. The van der Waals surface area contributed by atoms with Crippen LogP contribution in [0.25, 0.3) is 10.2 Å². The number of hydrogen-bond donors (Lipinski definition) is 0. The predicted molar refractivity (Wildman–Crippen MR) is 111 cm³/mol. The van der Waals surface area contributed by atoms with Crippen molar-refractivity contribution in [3.05, 3.63) is 58.9 Å². The number of fused-ring (bicyclic) bond motifs is 1. The van der Waals surface area contributed by atoms with Gasteiger partial charge in [-0.05, 0) is 43.3 Å². The van der Waals surface area contributed by atoms with Gasteiger partial charge in [-0.2, -0.15) is 0 Å². The van der Waals surface area contributed by atoms with Crippen molar-refractivity contribution >= 4 is 33.4 Å². The molecule has 3 aromatic rings. The van der Waals surface area contributed by atoms with Crippen molar-refractivity contribution in [3.8, 4) is 0 Å². The Bertz CT molecular complexity index is 1040. The first-order valence-electron chi connectivity index (χ1n) is 9.84. The topological polar surface area (TPSA) is 51.5 Å². The van der Waals surface area contributed by atoms with E-state index in [1.165, 1.54) is 17.4 Å². The molecule has 1 aliphatic rings. The molecule has 5 nitrogen and oxygen atoms in total. The highest BCUT2D eigenvalue weighted by atomic mass is 32.1. The van der Waals surface area contributed by atoms with Gasteiger partial charge >= 0.3 is 5.97 Å². The Hall–Kier alpha value is -2.67. The smallest absolute Gasteiger partial charge is 0.310 e. The number of hydrogen-bond acceptors (Lipinski definition) is 4. The summed E-state index contributed by atoms with van der Waals surface area (Å²) in [5.41, 5.74) is 1.06. The quantitative estimate of drug-likeness (QED) is 0.585. The van der Waals surface area contributed by atoms with Crippen LogP contribution in [0, 0.1) is 11.7 Å². The molecule has 0 spiro atoms. The van der Waals surface area contributed by atoms with Crippen LogP contribution in [0.4, 0.5) is 4.39 Å². The molecule has 0 unspecified atom stereocenters. The minimum atomic E-state index is -0.288. The third-order valence-corrected chi connectivity index (χ3v) is 6.29. The van der Waals surface area contributed by atoms with Crippen LogP contribution in [-0.4, -0.2) is 41.0 Å². The van der Waals surface area contributed by atoms with E-state index in [9.17, 15) is 14.0 Å². The van der Waals surface area contributed by atoms with Crippen LogP contribution in [0.2, 0.25) is 0 Å². The van der Waals surface area contributed by atoms with Crippen LogP contribution >= 0.6 is 11.3 Å². The second kappa shape index (κ2) is 8.37. The number of amides is 1. The summed E-state index contributed by atoms with van der Waals surface area (Å²) in [6.45, 7) is 3.37. The van der Waals surface area contributed by atoms with Gasteiger partial charge in [0, 0.05) is 24.0 Å². The fraction of sp³-hybridized carbons (Fsp3) is 0.364. The number of ether oxygens (including phenoxy) is 1. The van der Waals surface area contributed by atoms with Gasteiger partial charge in [-0.25, -0.2) is 4.39 Å². The number of esters is 1. The minimum Gasteiger partial charge on any atom is -0.466 e. The maximum atomic E-state index is 14.3. The number of nitrogens with zero attached hydrogens (tertiary/aromatic N) is 2. The number of piperidine rings is 1. The first-order valence-corrected chi connectivity index (χ1v) is 10.7. The van der Waals surface area contributed by atoms with Gasteiger partial charge in [-0.15, -0.1) is 11.3 Å². The summed E-state index contributed by atoms with van der Waals surface area (Å²) in [4.78, 5) is 28.2. The van der Waals surface area contributed by atoms with Gasteiger partial charge in [-0.1, -0.05) is 18.2 Å². The van der Waals surface area contributed by atoms with Crippen LogP contribution in [0.3, 0.4) is 0 Å². The Morgan fingerprint density at radius 2 is 2.10 bits per heavy atom. The van der Waals surface area contributed by atoms with Gasteiger partial charge < -0.3 is 14.2 Å². The Morgan fingerprint density at radius 3 is 2.90 bits per heavy atom. The average Bonchev–Trinajstić information content (AvgIpc) is 3.32. The number of likely N-dealkylation sites (tertiary alicyclic amines) is 1. The predicted octanol–water partition coefficient (Wildman–Crippen LogP) is 4.31. The molecule has 1 atom stereocenters. The van der Waals surface area contributed by atoms with Crippen molar-refractivity contribution in [2.24, 2.45) is 5.92 Å². The van der Waals surface area contributed by atoms with Crippen LogP contribution in [0.1, 0.15) is 35.8 Å². The van der Waals surface area contributed by atoms with Gasteiger partial charge in [-0.3, -0.25) is 9.59 Å². The van der Waals surface area contributed by atoms with E-state index >= 15 is 0 Å². The zero-order valence-electron chi connectivity index (χ0n) is 16.3. The summed E-state index contributed by atoms with van der Waals surface area (Å²) in [6, 6.07) is 10.4. The van der Waals surface area contributed by atoms with Gasteiger partial charge in [0.2, 0.25) is 0 Å². The van der Waals surface area contributed by atoms with E-state index < -0.39 is 0 Å². The molecule has 1 fully saturated rings. The van der Waals surface area contributed by atoms with Crippen molar-refractivity contribution < 1.29 is 18.7 Å². The number of aromatic nitrogens is 1. The summed E-state index contributed by atoms with van der Waals surface area (Å²) < 4.78 is 21.3. The van der Waals surface area contributed by atoms with Crippen molar-refractivity contribution in [1.82, 2.24) is 9.47 Å². The molecule has 4 rings (SSSR count). The van der Waals surface area contributed by atoms with Crippen LogP contribution < -0.4 is 0 Å². The molecule has 152 valence electrons. The summed E-state index contributed by atoms with van der Waals surface area (Å²) in [7, 11) is 0. The summed E-state index contributed by atoms with van der Waals surface area (Å²) >= 11 is 1.53. The zero-order chi connectivity index (χ0) is 20.4. The lowest BCUT2D eigenvalue weighted by atomic mass is 9.98. The number of carbonyl (C=O) groups excluding carboxylic acids is 2. The molecule has 0 saturated carbocycles. The third-order valence-electron chi connectivity index (χ3n) is 5.34. The highest BCUT2D eigenvalue weighted by molar-refractivity contribution is 7.16. The third kappa shape index (κ3) is 3.92. The van der Waals surface area contributed by atoms with Crippen molar-refractivity contribution in [2.45, 2.75) is 26.3 Å². The highest BCUT2D eigenvalue weighted by Gasteiger charge is 2.31.